The van der Waals surface area contributed by atoms with Gasteiger partial charge in [0.15, 0.2) is 0 Å². The number of carbonyl (C=O) groups excluding carboxylic acids is 2. The molecule has 200 valence electrons. The quantitative estimate of drug-likeness (QED) is 0.353. The van der Waals surface area contributed by atoms with Crippen molar-refractivity contribution in [1.82, 2.24) is 20.1 Å². The van der Waals surface area contributed by atoms with E-state index in [0.29, 0.717) is 39.0 Å². The number of hydrogen-bond donors (Lipinski definition) is 2. The normalized spacial score (nSPS) is 19.3. The number of unbranched alkanes of at least 4 members (excludes halogenated alkanes) is 1. The number of amides is 2. The number of alkyl halides is 3. The first-order valence-corrected chi connectivity index (χ1v) is 13.8. The topological polar surface area (TPSA) is 91.6 Å². The molecule has 1 aliphatic heterocycles. The maximum Gasteiger partial charge on any atom is 0.405 e. The largest absolute Gasteiger partial charge is 0.405 e. The predicted octanol–water partition coefficient (Wildman–Crippen LogP) is 3.79. The van der Waals surface area contributed by atoms with Gasteiger partial charge in [0.05, 0.1) is 0 Å². The number of hydrogen-bond acceptors (Lipinski definition) is 7. The van der Waals surface area contributed by atoms with E-state index in [0.717, 1.165) is 10.4 Å². The number of thiophene rings is 2. The lowest BCUT2D eigenvalue weighted by Gasteiger charge is -2.50. The molecule has 3 aromatic heterocycles. The van der Waals surface area contributed by atoms with Crippen LogP contribution in [0.1, 0.15) is 29.7 Å². The van der Waals surface area contributed by atoms with Gasteiger partial charge in [-0.15, -0.1) is 22.7 Å². The van der Waals surface area contributed by atoms with Gasteiger partial charge >= 0.3 is 6.18 Å². The molecule has 1 unspecified atom stereocenters. The molecule has 3 aromatic rings. The number of halogens is 3. The Bertz CT molecular complexity index is 1170. The number of piperazine rings is 1. The molecule has 4 heterocycles. The summed E-state index contributed by atoms with van der Waals surface area (Å²) in [6.07, 6.45) is 0.351. The zero-order valence-corrected chi connectivity index (χ0v) is 21.9. The summed E-state index contributed by atoms with van der Waals surface area (Å²) >= 11 is 3.37. The molecule has 3 N–H and O–H groups in total. The Kier molecular flexibility index (Phi) is 8.83. The van der Waals surface area contributed by atoms with Gasteiger partial charge in [-0.3, -0.25) is 24.4 Å². The summed E-state index contributed by atoms with van der Waals surface area (Å²) < 4.78 is 41.7. The van der Waals surface area contributed by atoms with Gasteiger partial charge in [0.1, 0.15) is 12.1 Å². The maximum atomic E-state index is 13.7. The summed E-state index contributed by atoms with van der Waals surface area (Å²) in [7, 11) is 0. The van der Waals surface area contributed by atoms with Gasteiger partial charge in [0, 0.05) is 65.7 Å². The number of nitrogens with zero attached hydrogens (tertiary/aromatic N) is 3. The number of aromatic nitrogens is 1. The van der Waals surface area contributed by atoms with Crippen molar-refractivity contribution in [2.75, 3.05) is 32.7 Å². The van der Waals surface area contributed by atoms with Crippen LogP contribution in [0.25, 0.3) is 9.40 Å². The second-order valence-electron chi connectivity index (χ2n) is 9.35. The summed E-state index contributed by atoms with van der Waals surface area (Å²) in [4.78, 5) is 34.3. The van der Waals surface area contributed by atoms with Crippen molar-refractivity contribution in [2.45, 2.75) is 43.9 Å². The molecule has 0 bridgehead atoms. The minimum Gasteiger partial charge on any atom is -0.370 e. The maximum absolute atomic E-state index is 13.7. The number of rotatable bonds is 11. The van der Waals surface area contributed by atoms with E-state index in [1.807, 2.05) is 16.3 Å². The average Bonchev–Trinajstić information content (AvgIpc) is 3.43. The Balaban J connectivity index is 1.61. The molecule has 2 amide bonds. The molecule has 0 spiro atoms. The summed E-state index contributed by atoms with van der Waals surface area (Å²) in [6.45, 7) is 1.14. The molecule has 12 heteroatoms. The SMILES string of the molecule is NC(=O)CCCCN1CCN(Cc2cc3sccc3s2)CC1(Cc1cccnc1)C(=O)NCC(F)(F)F. The molecule has 1 aliphatic rings. The molecule has 4 rings (SSSR count). The van der Waals surface area contributed by atoms with Crippen LogP contribution in [0.3, 0.4) is 0 Å². The zero-order chi connectivity index (χ0) is 26.5. The Morgan fingerprint density at radius 2 is 2.03 bits per heavy atom. The summed E-state index contributed by atoms with van der Waals surface area (Å²) in [6, 6.07) is 7.82. The molecular weight excluding hydrogens is 523 g/mol. The number of nitrogens with two attached hydrogens (primary N) is 1. The van der Waals surface area contributed by atoms with E-state index in [2.05, 4.69) is 27.3 Å². The van der Waals surface area contributed by atoms with E-state index >= 15 is 0 Å². The number of primary amides is 1. The van der Waals surface area contributed by atoms with Gasteiger partial charge in [0.25, 0.3) is 0 Å². The smallest absolute Gasteiger partial charge is 0.370 e. The lowest BCUT2D eigenvalue weighted by Crippen LogP contribution is -2.70. The first-order valence-electron chi connectivity index (χ1n) is 12.1. The van der Waals surface area contributed by atoms with Crippen molar-refractivity contribution in [2.24, 2.45) is 5.73 Å². The van der Waals surface area contributed by atoms with Crippen LogP contribution in [-0.4, -0.2) is 71.0 Å². The fourth-order valence-corrected chi connectivity index (χ4v) is 7.03. The van der Waals surface area contributed by atoms with Crippen LogP contribution in [0.2, 0.25) is 0 Å². The number of nitrogens with one attached hydrogen (secondary N) is 1. The highest BCUT2D eigenvalue weighted by atomic mass is 32.1. The van der Waals surface area contributed by atoms with Crippen molar-refractivity contribution >= 4 is 43.9 Å². The van der Waals surface area contributed by atoms with Crippen molar-refractivity contribution in [3.8, 4) is 0 Å². The van der Waals surface area contributed by atoms with Crippen molar-refractivity contribution in [3.05, 3.63) is 52.5 Å². The van der Waals surface area contributed by atoms with E-state index in [1.54, 1.807) is 41.1 Å². The van der Waals surface area contributed by atoms with Crippen LogP contribution in [0.5, 0.6) is 0 Å². The molecule has 0 aliphatic carbocycles. The van der Waals surface area contributed by atoms with E-state index in [9.17, 15) is 22.8 Å². The molecular formula is C25H30F3N5O2S2. The average molecular weight is 554 g/mol. The molecule has 0 radical (unpaired) electrons. The van der Waals surface area contributed by atoms with E-state index in [1.165, 1.54) is 9.40 Å². The molecule has 1 atom stereocenters. The van der Waals surface area contributed by atoms with Gasteiger partial charge in [-0.2, -0.15) is 13.2 Å². The fourth-order valence-electron chi connectivity index (χ4n) is 4.85. The Hall–Kier alpha value is -2.54. The minimum atomic E-state index is -4.52. The van der Waals surface area contributed by atoms with Crippen LogP contribution < -0.4 is 11.1 Å². The van der Waals surface area contributed by atoms with Crippen LogP contribution in [-0.2, 0) is 22.6 Å². The van der Waals surface area contributed by atoms with Crippen LogP contribution in [0, 0.1) is 0 Å². The summed E-state index contributed by atoms with van der Waals surface area (Å²) in [5, 5.41) is 4.22. The molecule has 1 fully saturated rings. The zero-order valence-electron chi connectivity index (χ0n) is 20.3. The third-order valence-electron chi connectivity index (χ3n) is 6.54. The van der Waals surface area contributed by atoms with Crippen molar-refractivity contribution in [3.63, 3.8) is 0 Å². The molecule has 1 saturated heterocycles. The lowest BCUT2D eigenvalue weighted by atomic mass is 9.85. The van der Waals surface area contributed by atoms with E-state index < -0.39 is 30.1 Å². The highest BCUT2D eigenvalue weighted by molar-refractivity contribution is 7.26. The number of carbonyl (C=O) groups is 2. The van der Waals surface area contributed by atoms with E-state index in [4.69, 9.17) is 5.73 Å². The van der Waals surface area contributed by atoms with Gasteiger partial charge in [-0.05, 0) is 48.5 Å². The van der Waals surface area contributed by atoms with Crippen LogP contribution in [0.15, 0.2) is 42.0 Å². The van der Waals surface area contributed by atoms with Crippen molar-refractivity contribution in [1.29, 1.82) is 0 Å². The molecule has 0 aromatic carbocycles. The first kappa shape index (κ1) is 27.5. The van der Waals surface area contributed by atoms with Crippen molar-refractivity contribution < 1.29 is 22.8 Å². The molecule has 7 nitrogen and oxygen atoms in total. The first-order chi connectivity index (χ1) is 17.6. The highest BCUT2D eigenvalue weighted by Gasteiger charge is 2.48. The Morgan fingerprint density at radius 3 is 2.73 bits per heavy atom. The Morgan fingerprint density at radius 1 is 1.19 bits per heavy atom. The van der Waals surface area contributed by atoms with Gasteiger partial charge < -0.3 is 11.1 Å². The summed E-state index contributed by atoms with van der Waals surface area (Å²) in [5.74, 6) is -1.05. The minimum absolute atomic E-state index is 0.219. The van der Waals surface area contributed by atoms with Crippen LogP contribution >= 0.6 is 22.7 Å². The third-order valence-corrected chi connectivity index (χ3v) is 8.62. The second-order valence-corrected chi connectivity index (χ2v) is 11.5. The Labute approximate surface area is 221 Å². The van der Waals surface area contributed by atoms with Gasteiger partial charge in [-0.25, -0.2) is 0 Å². The highest BCUT2D eigenvalue weighted by Crippen LogP contribution is 2.33. The van der Waals surface area contributed by atoms with Crippen LogP contribution in [0.4, 0.5) is 13.2 Å². The fraction of sp³-hybridized carbons (Fsp3) is 0.480. The summed E-state index contributed by atoms with van der Waals surface area (Å²) in [5.41, 5.74) is 4.81. The molecule has 0 saturated carbocycles. The monoisotopic (exact) mass is 553 g/mol. The van der Waals surface area contributed by atoms with Gasteiger partial charge in [0.2, 0.25) is 11.8 Å². The standard InChI is InChI=1S/C25H30F3N5O2S2/c26-25(27,28)16-31-23(35)24(13-18-4-3-7-30-14-18)17-32(9-10-33(24)8-2-1-5-22(29)34)15-19-12-21-20(37-19)6-11-36-21/h3-4,6-7,11-12,14H,1-2,5,8-10,13,15-17H2,(H2,29,34)(H,31,35). The van der Waals surface area contributed by atoms with Gasteiger partial charge in [-0.1, -0.05) is 6.07 Å². The van der Waals surface area contributed by atoms with E-state index in [-0.39, 0.29) is 19.4 Å². The second kappa shape index (κ2) is 11.9. The lowest BCUT2D eigenvalue weighted by molar-refractivity contribution is -0.150. The third kappa shape index (κ3) is 7.28. The number of fused-ring (bicyclic) bond motifs is 1. The molecule has 37 heavy (non-hydrogen) atoms. The predicted molar refractivity (Wildman–Crippen MR) is 139 cm³/mol. The number of pyridine rings is 1.